The van der Waals surface area contributed by atoms with Gasteiger partial charge in [-0.05, 0) is 31.2 Å². The molecule has 0 unspecified atom stereocenters. The molecular weight excluding hydrogens is 254 g/mol. The minimum absolute atomic E-state index is 0.259. The average molecular weight is 273 g/mol. The van der Waals surface area contributed by atoms with E-state index in [1.807, 2.05) is 32.9 Å². The number of hydrogen-bond acceptors (Lipinski definition) is 4. The minimum Gasteiger partial charge on any atom is -0.463 e. The van der Waals surface area contributed by atoms with Gasteiger partial charge in [0.2, 0.25) is 0 Å². The Bertz CT molecular complexity index is 595. The van der Waals surface area contributed by atoms with Crippen LogP contribution in [0.4, 0.5) is 0 Å². The quantitative estimate of drug-likeness (QED) is 0.798. The second-order valence-electron chi connectivity index (χ2n) is 5.54. The molecule has 0 aromatic carbocycles. The van der Waals surface area contributed by atoms with Gasteiger partial charge in [-0.25, -0.2) is 9.78 Å². The molecule has 0 saturated carbocycles. The number of esters is 1. The molecule has 0 radical (unpaired) electrons. The van der Waals surface area contributed by atoms with Crippen LogP contribution in [0.15, 0.2) is 34.9 Å². The average Bonchev–Trinajstić information content (AvgIpc) is 2.91. The van der Waals surface area contributed by atoms with Gasteiger partial charge in [0.15, 0.2) is 5.76 Å². The molecule has 0 spiro atoms. The van der Waals surface area contributed by atoms with Crippen LogP contribution in [0.1, 0.15) is 43.7 Å². The van der Waals surface area contributed by atoms with E-state index < -0.39 is 0 Å². The third kappa shape index (κ3) is 2.90. The van der Waals surface area contributed by atoms with Gasteiger partial charge in [-0.2, -0.15) is 0 Å². The molecule has 2 aromatic rings. The normalized spacial score (nSPS) is 11.4. The van der Waals surface area contributed by atoms with E-state index in [1.165, 1.54) is 0 Å². The van der Waals surface area contributed by atoms with Crippen molar-refractivity contribution in [2.45, 2.75) is 33.1 Å². The Morgan fingerprint density at radius 3 is 2.60 bits per heavy atom. The highest BCUT2D eigenvalue weighted by molar-refractivity contribution is 5.91. The predicted molar refractivity (Wildman–Crippen MR) is 76.6 cm³/mol. The number of aromatic nitrogens is 1. The Balaban J connectivity index is 2.52. The zero-order valence-corrected chi connectivity index (χ0v) is 12.3. The number of carbonyl (C=O) groups is 1. The Kier molecular flexibility index (Phi) is 3.93. The van der Waals surface area contributed by atoms with Crippen LogP contribution in [-0.2, 0) is 10.2 Å². The molecule has 20 heavy (non-hydrogen) atoms. The number of ether oxygens (including phenoxy) is 1. The third-order valence-electron chi connectivity index (χ3n) is 2.87. The molecule has 4 nitrogen and oxygen atoms in total. The van der Waals surface area contributed by atoms with Crippen molar-refractivity contribution in [3.8, 4) is 11.5 Å². The zero-order valence-electron chi connectivity index (χ0n) is 12.3. The van der Waals surface area contributed by atoms with Crippen LogP contribution in [0.2, 0.25) is 0 Å². The molecule has 0 aliphatic heterocycles. The van der Waals surface area contributed by atoms with Gasteiger partial charge in [-0.15, -0.1) is 0 Å². The summed E-state index contributed by atoms with van der Waals surface area (Å²) in [7, 11) is 0. The summed E-state index contributed by atoms with van der Waals surface area (Å²) in [5.41, 5.74) is 1.68. The lowest BCUT2D eigenvalue weighted by atomic mass is 9.88. The van der Waals surface area contributed by atoms with Gasteiger partial charge < -0.3 is 9.15 Å². The smallest absolute Gasteiger partial charge is 0.340 e. The second kappa shape index (κ2) is 5.49. The Morgan fingerprint density at radius 2 is 2.05 bits per heavy atom. The molecule has 0 atom stereocenters. The number of pyridine rings is 1. The van der Waals surface area contributed by atoms with E-state index in [2.05, 4.69) is 4.98 Å². The lowest BCUT2D eigenvalue weighted by Crippen LogP contribution is -2.20. The highest BCUT2D eigenvalue weighted by atomic mass is 16.5. The first-order valence-electron chi connectivity index (χ1n) is 6.66. The molecule has 2 rings (SSSR count). The summed E-state index contributed by atoms with van der Waals surface area (Å²) in [5.74, 6) is 0.349. The van der Waals surface area contributed by atoms with Crippen LogP contribution in [0.5, 0.6) is 0 Å². The minimum atomic E-state index is -0.337. The Morgan fingerprint density at radius 1 is 1.30 bits per heavy atom. The number of carbonyl (C=O) groups excluding carboxylic acids is 1. The van der Waals surface area contributed by atoms with Crippen molar-refractivity contribution in [1.29, 1.82) is 0 Å². The molecule has 2 heterocycles. The summed E-state index contributed by atoms with van der Waals surface area (Å²) in [6, 6.07) is 7.19. The molecule has 0 bridgehead atoms. The second-order valence-corrected chi connectivity index (χ2v) is 5.54. The maximum absolute atomic E-state index is 12.0. The molecule has 0 amide bonds. The molecule has 4 heteroatoms. The summed E-state index contributed by atoms with van der Waals surface area (Å²) in [4.78, 5) is 16.6. The molecule has 0 aliphatic rings. The van der Waals surface area contributed by atoms with Crippen LogP contribution < -0.4 is 0 Å². The van der Waals surface area contributed by atoms with Crippen molar-refractivity contribution in [1.82, 2.24) is 4.98 Å². The van der Waals surface area contributed by atoms with Crippen LogP contribution in [0.3, 0.4) is 0 Å². The van der Waals surface area contributed by atoms with E-state index in [4.69, 9.17) is 9.15 Å². The summed E-state index contributed by atoms with van der Waals surface area (Å²) >= 11 is 0. The summed E-state index contributed by atoms with van der Waals surface area (Å²) in [5, 5.41) is 0. The Labute approximate surface area is 118 Å². The van der Waals surface area contributed by atoms with Crippen LogP contribution in [-0.4, -0.2) is 17.6 Å². The summed E-state index contributed by atoms with van der Waals surface area (Å²) in [6.07, 6.45) is 1.60. The van der Waals surface area contributed by atoms with Gasteiger partial charge in [0.1, 0.15) is 5.69 Å². The van der Waals surface area contributed by atoms with E-state index in [1.54, 1.807) is 25.3 Å². The molecule has 106 valence electrons. The Hall–Kier alpha value is -2.10. The van der Waals surface area contributed by atoms with Crippen molar-refractivity contribution in [2.24, 2.45) is 0 Å². The summed E-state index contributed by atoms with van der Waals surface area (Å²) in [6.45, 7) is 8.19. The molecule has 2 aromatic heterocycles. The number of furan rings is 1. The van der Waals surface area contributed by atoms with Gasteiger partial charge >= 0.3 is 5.97 Å². The fraction of sp³-hybridized carbons (Fsp3) is 0.375. The van der Waals surface area contributed by atoms with Crippen LogP contribution in [0.25, 0.3) is 11.5 Å². The van der Waals surface area contributed by atoms with E-state index >= 15 is 0 Å². The molecular formula is C16H19NO3. The van der Waals surface area contributed by atoms with Gasteiger partial charge in [-0.3, -0.25) is 0 Å². The van der Waals surface area contributed by atoms with Crippen molar-refractivity contribution >= 4 is 5.97 Å². The lowest BCUT2D eigenvalue weighted by molar-refractivity contribution is 0.0522. The van der Waals surface area contributed by atoms with E-state index in [9.17, 15) is 4.79 Å². The van der Waals surface area contributed by atoms with Gasteiger partial charge in [0, 0.05) is 5.41 Å². The first-order chi connectivity index (χ1) is 9.43. The number of hydrogen-bond donors (Lipinski definition) is 0. The lowest BCUT2D eigenvalue weighted by Gasteiger charge is -2.21. The van der Waals surface area contributed by atoms with Crippen molar-refractivity contribution in [3.63, 3.8) is 0 Å². The zero-order chi connectivity index (χ0) is 14.8. The largest absolute Gasteiger partial charge is 0.463 e. The SMILES string of the molecule is CCOC(=O)c1ccc(-c2ccco2)nc1C(C)(C)C. The highest BCUT2D eigenvalue weighted by Crippen LogP contribution is 2.28. The van der Waals surface area contributed by atoms with E-state index in [0.29, 0.717) is 29.3 Å². The van der Waals surface area contributed by atoms with Crippen molar-refractivity contribution < 1.29 is 13.9 Å². The molecule has 0 aliphatic carbocycles. The third-order valence-corrected chi connectivity index (χ3v) is 2.87. The maximum Gasteiger partial charge on any atom is 0.340 e. The fourth-order valence-electron chi connectivity index (χ4n) is 1.97. The van der Waals surface area contributed by atoms with Gasteiger partial charge in [0.25, 0.3) is 0 Å². The standard InChI is InChI=1S/C16H19NO3/c1-5-19-15(18)11-8-9-12(13-7-6-10-20-13)17-14(11)16(2,3)4/h6-10H,5H2,1-4H3. The fourth-order valence-corrected chi connectivity index (χ4v) is 1.97. The van der Waals surface area contributed by atoms with Gasteiger partial charge in [0.05, 0.1) is 24.1 Å². The van der Waals surface area contributed by atoms with Crippen molar-refractivity contribution in [2.75, 3.05) is 6.61 Å². The summed E-state index contributed by atoms with van der Waals surface area (Å²) < 4.78 is 10.4. The van der Waals surface area contributed by atoms with E-state index in [0.717, 1.165) is 0 Å². The first-order valence-corrected chi connectivity index (χ1v) is 6.66. The van der Waals surface area contributed by atoms with Crippen molar-refractivity contribution in [3.05, 3.63) is 41.8 Å². The maximum atomic E-state index is 12.0. The molecule has 0 fully saturated rings. The first kappa shape index (κ1) is 14.3. The number of nitrogens with zero attached hydrogens (tertiary/aromatic N) is 1. The topological polar surface area (TPSA) is 52.3 Å². The predicted octanol–water partition coefficient (Wildman–Crippen LogP) is 3.82. The monoisotopic (exact) mass is 273 g/mol. The van der Waals surface area contributed by atoms with Crippen LogP contribution >= 0.6 is 0 Å². The number of rotatable bonds is 3. The van der Waals surface area contributed by atoms with E-state index in [-0.39, 0.29) is 11.4 Å². The van der Waals surface area contributed by atoms with Gasteiger partial charge in [-0.1, -0.05) is 20.8 Å². The molecule has 0 N–H and O–H groups in total. The van der Waals surface area contributed by atoms with Crippen LogP contribution in [0, 0.1) is 0 Å². The molecule has 0 saturated heterocycles. The highest BCUT2D eigenvalue weighted by Gasteiger charge is 2.25.